The summed E-state index contributed by atoms with van der Waals surface area (Å²) in [5.41, 5.74) is 2.70. The van der Waals surface area contributed by atoms with E-state index in [0.29, 0.717) is 48.6 Å². The van der Waals surface area contributed by atoms with E-state index in [1.165, 1.54) is 12.1 Å². The Bertz CT molecular complexity index is 1120. The molecule has 2 amide bonds. The van der Waals surface area contributed by atoms with Gasteiger partial charge in [-0.25, -0.2) is 9.18 Å². The number of urea groups is 1. The Morgan fingerprint density at radius 2 is 1.97 bits per heavy atom. The summed E-state index contributed by atoms with van der Waals surface area (Å²) in [6.07, 6.45) is 0.757. The smallest absolute Gasteiger partial charge is 0.322 e. The minimum Gasteiger partial charge on any atom is -0.378 e. The van der Waals surface area contributed by atoms with Gasteiger partial charge in [-0.1, -0.05) is 29.7 Å². The number of ether oxygens (including phenoxy) is 1. The van der Waals surface area contributed by atoms with Crippen LogP contribution in [-0.2, 0) is 11.3 Å². The summed E-state index contributed by atoms with van der Waals surface area (Å²) in [6.45, 7) is 6.77. The normalized spacial score (nSPS) is 14.6. The maximum Gasteiger partial charge on any atom is 0.322 e. The molecule has 7 nitrogen and oxygen atoms in total. The summed E-state index contributed by atoms with van der Waals surface area (Å²) < 4.78 is 24.9. The number of nitrogens with zero attached hydrogens (tertiary/aromatic N) is 3. The molecule has 0 spiro atoms. The molecule has 0 saturated carbocycles. The standard InChI is InChI=1S/C25H28ClFN4O3/c1-3-17(2)31(25(32)28-21-6-4-5-19(26)15-21)16-22-23(18-7-9-20(27)10-8-18)29-34-24(22)30-11-13-33-14-12-30/h4-10,15,17H,3,11-14,16H2,1-2H3,(H,28,32)/t17-/m1/s1. The van der Waals surface area contributed by atoms with Gasteiger partial charge in [-0.3, -0.25) is 0 Å². The lowest BCUT2D eigenvalue weighted by atomic mass is 10.1. The third-order valence-electron chi connectivity index (χ3n) is 5.97. The molecular formula is C25H28ClFN4O3. The van der Waals surface area contributed by atoms with Crippen LogP contribution in [-0.4, -0.2) is 48.4 Å². The highest BCUT2D eigenvalue weighted by Crippen LogP contribution is 2.34. The van der Waals surface area contributed by atoms with Gasteiger partial charge in [0.05, 0.1) is 25.3 Å². The lowest BCUT2D eigenvalue weighted by molar-refractivity contribution is 0.119. The van der Waals surface area contributed by atoms with Crippen molar-refractivity contribution in [2.24, 2.45) is 0 Å². The number of hydrogen-bond acceptors (Lipinski definition) is 5. The highest BCUT2D eigenvalue weighted by Gasteiger charge is 2.29. The van der Waals surface area contributed by atoms with Gasteiger partial charge in [0.2, 0.25) is 5.88 Å². The van der Waals surface area contributed by atoms with E-state index in [0.717, 1.165) is 17.5 Å². The molecule has 0 radical (unpaired) electrons. The van der Waals surface area contributed by atoms with Crippen LogP contribution in [0.5, 0.6) is 0 Å². The van der Waals surface area contributed by atoms with Gasteiger partial charge in [-0.05, 0) is 55.8 Å². The summed E-state index contributed by atoms with van der Waals surface area (Å²) in [6, 6.07) is 12.8. The zero-order valence-corrected chi connectivity index (χ0v) is 20.0. The number of anilines is 2. The van der Waals surface area contributed by atoms with Crippen LogP contribution in [0.25, 0.3) is 11.3 Å². The number of aromatic nitrogens is 1. The van der Waals surface area contributed by atoms with Crippen LogP contribution in [0.1, 0.15) is 25.8 Å². The van der Waals surface area contributed by atoms with Crippen molar-refractivity contribution in [3.63, 3.8) is 0 Å². The first-order valence-electron chi connectivity index (χ1n) is 11.4. The number of amides is 2. The number of carbonyl (C=O) groups excluding carboxylic acids is 1. The van der Waals surface area contributed by atoms with E-state index in [4.69, 9.17) is 20.9 Å². The maximum atomic E-state index is 13.6. The van der Waals surface area contributed by atoms with Crippen LogP contribution in [0.3, 0.4) is 0 Å². The average molecular weight is 487 g/mol. The molecule has 1 N–H and O–H groups in total. The molecule has 2 aromatic carbocycles. The number of carbonyl (C=O) groups is 1. The fourth-order valence-electron chi connectivity index (χ4n) is 3.87. The van der Waals surface area contributed by atoms with Crippen molar-refractivity contribution in [3.8, 4) is 11.3 Å². The predicted octanol–water partition coefficient (Wildman–Crippen LogP) is 5.80. The minimum atomic E-state index is -0.329. The Kier molecular flexibility index (Phi) is 7.70. The molecular weight excluding hydrogens is 459 g/mol. The molecule has 180 valence electrons. The Morgan fingerprint density at radius 1 is 1.24 bits per heavy atom. The number of halogens is 2. The number of morpholine rings is 1. The van der Waals surface area contributed by atoms with E-state index in [1.54, 1.807) is 41.3 Å². The minimum absolute atomic E-state index is 0.0623. The molecule has 1 aliphatic rings. The Labute approximate surface area is 203 Å². The van der Waals surface area contributed by atoms with E-state index >= 15 is 0 Å². The lowest BCUT2D eigenvalue weighted by Crippen LogP contribution is -2.41. The molecule has 1 atom stereocenters. The van der Waals surface area contributed by atoms with Crippen molar-refractivity contribution in [2.45, 2.75) is 32.9 Å². The fraction of sp³-hybridized carbons (Fsp3) is 0.360. The van der Waals surface area contributed by atoms with Crippen molar-refractivity contribution in [1.29, 1.82) is 0 Å². The van der Waals surface area contributed by atoms with Crippen molar-refractivity contribution in [1.82, 2.24) is 10.1 Å². The molecule has 3 aromatic rings. The monoisotopic (exact) mass is 486 g/mol. The highest BCUT2D eigenvalue weighted by molar-refractivity contribution is 6.30. The van der Waals surface area contributed by atoms with Gasteiger partial charge in [0.25, 0.3) is 0 Å². The van der Waals surface area contributed by atoms with E-state index in [-0.39, 0.29) is 24.4 Å². The van der Waals surface area contributed by atoms with E-state index < -0.39 is 0 Å². The topological polar surface area (TPSA) is 70.8 Å². The van der Waals surface area contributed by atoms with Crippen molar-refractivity contribution in [2.75, 3.05) is 36.5 Å². The Morgan fingerprint density at radius 3 is 2.65 bits per heavy atom. The first-order chi connectivity index (χ1) is 16.5. The molecule has 34 heavy (non-hydrogen) atoms. The summed E-state index contributed by atoms with van der Waals surface area (Å²) in [5.74, 6) is 0.274. The van der Waals surface area contributed by atoms with Crippen molar-refractivity contribution >= 4 is 29.2 Å². The predicted molar refractivity (Wildman–Crippen MR) is 131 cm³/mol. The molecule has 0 unspecified atom stereocenters. The molecule has 1 aromatic heterocycles. The van der Waals surface area contributed by atoms with Crippen LogP contribution in [0.15, 0.2) is 53.1 Å². The molecule has 2 heterocycles. The van der Waals surface area contributed by atoms with Crippen LogP contribution in [0.4, 0.5) is 20.8 Å². The van der Waals surface area contributed by atoms with Gasteiger partial charge < -0.3 is 24.4 Å². The maximum absolute atomic E-state index is 13.6. The van der Waals surface area contributed by atoms with E-state index in [9.17, 15) is 9.18 Å². The van der Waals surface area contributed by atoms with Gasteiger partial charge in [0, 0.05) is 35.4 Å². The second-order valence-corrected chi connectivity index (χ2v) is 8.68. The third kappa shape index (κ3) is 5.51. The Balaban J connectivity index is 1.69. The zero-order valence-electron chi connectivity index (χ0n) is 19.3. The summed E-state index contributed by atoms with van der Waals surface area (Å²) >= 11 is 6.09. The molecule has 1 fully saturated rings. The first kappa shape index (κ1) is 24.0. The van der Waals surface area contributed by atoms with Crippen LogP contribution in [0, 0.1) is 5.82 Å². The molecule has 4 rings (SSSR count). The van der Waals surface area contributed by atoms with Gasteiger partial charge in [0.1, 0.15) is 11.5 Å². The second-order valence-electron chi connectivity index (χ2n) is 8.25. The molecule has 1 aliphatic heterocycles. The molecule has 9 heteroatoms. The number of nitrogens with one attached hydrogen (secondary N) is 1. The van der Waals surface area contributed by atoms with Crippen LogP contribution in [0.2, 0.25) is 5.02 Å². The lowest BCUT2D eigenvalue weighted by Gasteiger charge is -2.31. The number of hydrogen-bond donors (Lipinski definition) is 1. The second kappa shape index (κ2) is 10.9. The quantitative estimate of drug-likeness (QED) is 0.456. The van der Waals surface area contributed by atoms with Gasteiger partial charge in [0.15, 0.2) is 0 Å². The summed E-state index contributed by atoms with van der Waals surface area (Å²) in [5, 5.41) is 7.81. The fourth-order valence-corrected chi connectivity index (χ4v) is 4.06. The zero-order chi connectivity index (χ0) is 24.1. The van der Waals surface area contributed by atoms with Crippen molar-refractivity contribution < 1.29 is 18.4 Å². The third-order valence-corrected chi connectivity index (χ3v) is 6.21. The van der Waals surface area contributed by atoms with Gasteiger partial charge >= 0.3 is 6.03 Å². The molecule has 0 bridgehead atoms. The molecule has 0 aliphatic carbocycles. The average Bonchev–Trinajstić information content (AvgIpc) is 3.26. The summed E-state index contributed by atoms with van der Waals surface area (Å²) in [7, 11) is 0. The first-order valence-corrected chi connectivity index (χ1v) is 11.7. The number of rotatable bonds is 7. The molecule has 1 saturated heterocycles. The SMILES string of the molecule is CC[C@@H](C)N(Cc1c(-c2ccc(F)cc2)noc1N1CCOCC1)C(=O)Nc1cccc(Cl)c1. The summed E-state index contributed by atoms with van der Waals surface area (Å²) in [4.78, 5) is 17.2. The van der Waals surface area contributed by atoms with Gasteiger partial charge in [-0.2, -0.15) is 0 Å². The largest absolute Gasteiger partial charge is 0.378 e. The number of benzene rings is 2. The van der Waals surface area contributed by atoms with Crippen molar-refractivity contribution in [3.05, 3.63) is 64.9 Å². The van der Waals surface area contributed by atoms with Crippen LogP contribution >= 0.6 is 11.6 Å². The van der Waals surface area contributed by atoms with Crippen LogP contribution < -0.4 is 10.2 Å². The highest BCUT2D eigenvalue weighted by atomic mass is 35.5. The van der Waals surface area contributed by atoms with Gasteiger partial charge in [-0.15, -0.1) is 0 Å². The Hall–Kier alpha value is -3.10. The van der Waals surface area contributed by atoms with E-state index in [2.05, 4.69) is 15.4 Å². The van der Waals surface area contributed by atoms with E-state index in [1.807, 2.05) is 13.8 Å².